The van der Waals surface area contributed by atoms with E-state index in [1.807, 2.05) is 6.26 Å². The fourth-order valence-corrected chi connectivity index (χ4v) is 2.14. The zero-order valence-electron chi connectivity index (χ0n) is 7.73. The third-order valence-electron chi connectivity index (χ3n) is 3.01. The van der Waals surface area contributed by atoms with E-state index in [0.29, 0.717) is 0 Å². The van der Waals surface area contributed by atoms with Crippen molar-refractivity contribution in [3.63, 3.8) is 0 Å². The van der Waals surface area contributed by atoms with Crippen LogP contribution in [0.4, 0.5) is 0 Å². The lowest BCUT2D eigenvalue weighted by molar-refractivity contribution is 0.213. The molecule has 1 atom stereocenters. The second-order valence-electron chi connectivity index (χ2n) is 3.98. The van der Waals surface area contributed by atoms with Crippen LogP contribution in [-0.4, -0.2) is 18.7 Å². The van der Waals surface area contributed by atoms with Crippen molar-refractivity contribution in [2.75, 3.05) is 13.2 Å². The van der Waals surface area contributed by atoms with Crippen molar-refractivity contribution in [3.8, 4) is 0 Å². The lowest BCUT2D eigenvalue weighted by Gasteiger charge is -2.29. The van der Waals surface area contributed by atoms with Gasteiger partial charge in [-0.25, -0.2) is 0 Å². The van der Waals surface area contributed by atoms with Crippen molar-refractivity contribution in [2.45, 2.75) is 38.1 Å². The predicted molar refractivity (Wildman–Crippen MR) is 48.9 cm³/mol. The molecule has 2 heterocycles. The third kappa shape index (κ3) is 1.36. The molecule has 2 aliphatic rings. The summed E-state index contributed by atoms with van der Waals surface area (Å²) in [5.74, 6) is 0. The Morgan fingerprint density at radius 2 is 2.42 bits per heavy atom. The number of rotatable bonds is 1. The van der Waals surface area contributed by atoms with Gasteiger partial charge in [-0.15, -0.1) is 0 Å². The van der Waals surface area contributed by atoms with Crippen LogP contribution in [0, 0.1) is 0 Å². The van der Waals surface area contributed by atoms with Gasteiger partial charge in [0.15, 0.2) is 0 Å². The minimum atomic E-state index is 0.250. The largest absolute Gasteiger partial charge is 0.501 e. The van der Waals surface area contributed by atoms with Gasteiger partial charge in [0.05, 0.1) is 12.9 Å². The average Bonchev–Trinajstić information content (AvgIpc) is 2.55. The Bertz CT molecular complexity index is 192. The van der Waals surface area contributed by atoms with Gasteiger partial charge in [0.25, 0.3) is 0 Å². The summed E-state index contributed by atoms with van der Waals surface area (Å²) in [6.45, 7) is 4.36. The predicted octanol–water partition coefficient (Wildman–Crippen LogP) is 1.82. The first-order chi connectivity index (χ1) is 5.81. The molecule has 12 heavy (non-hydrogen) atoms. The Morgan fingerprint density at radius 3 is 3.00 bits per heavy atom. The fraction of sp³-hybridized carbons (Fsp3) is 0.800. The molecule has 1 N–H and O–H groups in total. The van der Waals surface area contributed by atoms with Crippen molar-refractivity contribution >= 4 is 0 Å². The molecular formula is C10H17NO. The molecule has 0 aromatic rings. The molecular weight excluding hydrogens is 150 g/mol. The standard InChI is InChI=1S/C10H17NO/c1-10(5-3-6-11-10)9-4-2-7-12-8-9/h8,11H,2-7H2,1H3. The summed E-state index contributed by atoms with van der Waals surface area (Å²) in [5, 5.41) is 3.55. The smallest absolute Gasteiger partial charge is 0.0876 e. The number of hydrogen-bond donors (Lipinski definition) is 1. The van der Waals surface area contributed by atoms with Crippen molar-refractivity contribution < 1.29 is 4.74 Å². The van der Waals surface area contributed by atoms with Gasteiger partial charge in [-0.3, -0.25) is 0 Å². The van der Waals surface area contributed by atoms with Gasteiger partial charge in [0.2, 0.25) is 0 Å². The van der Waals surface area contributed by atoms with Crippen LogP contribution in [0.1, 0.15) is 32.6 Å². The summed E-state index contributed by atoms with van der Waals surface area (Å²) in [6, 6.07) is 0. The molecule has 2 rings (SSSR count). The van der Waals surface area contributed by atoms with Crippen LogP contribution < -0.4 is 5.32 Å². The highest BCUT2D eigenvalue weighted by atomic mass is 16.5. The van der Waals surface area contributed by atoms with E-state index in [0.717, 1.165) is 13.2 Å². The SMILES string of the molecule is CC1(C2=COCCC2)CCCN1. The van der Waals surface area contributed by atoms with Gasteiger partial charge in [0, 0.05) is 5.54 Å². The Balaban J connectivity index is 2.10. The van der Waals surface area contributed by atoms with E-state index in [1.165, 1.54) is 31.3 Å². The molecule has 1 fully saturated rings. The summed E-state index contributed by atoms with van der Waals surface area (Å²) in [7, 11) is 0. The van der Waals surface area contributed by atoms with Gasteiger partial charge in [0.1, 0.15) is 0 Å². The Labute approximate surface area is 74.0 Å². The molecule has 2 nitrogen and oxygen atoms in total. The van der Waals surface area contributed by atoms with Gasteiger partial charge in [-0.2, -0.15) is 0 Å². The zero-order chi connectivity index (χ0) is 8.44. The number of hydrogen-bond acceptors (Lipinski definition) is 2. The van der Waals surface area contributed by atoms with Crippen LogP contribution in [0.2, 0.25) is 0 Å². The van der Waals surface area contributed by atoms with Crippen molar-refractivity contribution in [1.29, 1.82) is 0 Å². The van der Waals surface area contributed by atoms with E-state index >= 15 is 0 Å². The fourth-order valence-electron chi connectivity index (χ4n) is 2.14. The molecule has 0 aromatic carbocycles. The minimum Gasteiger partial charge on any atom is -0.501 e. The Kier molecular flexibility index (Phi) is 2.09. The molecule has 2 aliphatic heterocycles. The molecule has 0 aliphatic carbocycles. The maximum absolute atomic E-state index is 5.36. The van der Waals surface area contributed by atoms with Crippen LogP contribution in [0.25, 0.3) is 0 Å². The summed E-state index contributed by atoms with van der Waals surface area (Å²) < 4.78 is 5.36. The van der Waals surface area contributed by atoms with Crippen LogP contribution in [0.3, 0.4) is 0 Å². The average molecular weight is 167 g/mol. The first-order valence-corrected chi connectivity index (χ1v) is 4.87. The molecule has 0 saturated carbocycles. The molecule has 0 bridgehead atoms. The molecule has 0 spiro atoms. The van der Waals surface area contributed by atoms with E-state index < -0.39 is 0 Å². The summed E-state index contributed by atoms with van der Waals surface area (Å²) in [5.41, 5.74) is 1.71. The number of nitrogens with one attached hydrogen (secondary N) is 1. The van der Waals surface area contributed by atoms with E-state index in [2.05, 4.69) is 12.2 Å². The summed E-state index contributed by atoms with van der Waals surface area (Å²) in [4.78, 5) is 0. The molecule has 1 saturated heterocycles. The second-order valence-corrected chi connectivity index (χ2v) is 3.98. The molecule has 68 valence electrons. The van der Waals surface area contributed by atoms with Gasteiger partial charge in [-0.05, 0) is 44.7 Å². The van der Waals surface area contributed by atoms with E-state index in [4.69, 9.17) is 4.74 Å². The summed E-state index contributed by atoms with van der Waals surface area (Å²) >= 11 is 0. The molecule has 1 unspecified atom stereocenters. The molecule has 0 aromatic heterocycles. The number of ether oxygens (including phenoxy) is 1. The minimum absolute atomic E-state index is 0.250. The lowest BCUT2D eigenvalue weighted by atomic mass is 9.87. The Hall–Kier alpha value is -0.500. The first-order valence-electron chi connectivity index (χ1n) is 4.87. The highest BCUT2D eigenvalue weighted by Gasteiger charge is 2.32. The highest BCUT2D eigenvalue weighted by molar-refractivity contribution is 5.19. The maximum Gasteiger partial charge on any atom is 0.0876 e. The first kappa shape index (κ1) is 8.11. The van der Waals surface area contributed by atoms with Gasteiger partial charge < -0.3 is 10.1 Å². The highest BCUT2D eigenvalue weighted by Crippen LogP contribution is 2.31. The molecule has 0 amide bonds. The van der Waals surface area contributed by atoms with Crippen molar-refractivity contribution in [1.82, 2.24) is 5.32 Å². The zero-order valence-corrected chi connectivity index (χ0v) is 7.73. The quantitative estimate of drug-likeness (QED) is 0.643. The van der Waals surface area contributed by atoms with Crippen molar-refractivity contribution in [2.24, 2.45) is 0 Å². The maximum atomic E-state index is 5.36. The monoisotopic (exact) mass is 167 g/mol. The lowest BCUT2D eigenvalue weighted by Crippen LogP contribution is -2.39. The van der Waals surface area contributed by atoms with Gasteiger partial charge >= 0.3 is 0 Å². The second kappa shape index (κ2) is 3.09. The summed E-state index contributed by atoms with van der Waals surface area (Å²) in [6.07, 6.45) is 6.93. The van der Waals surface area contributed by atoms with E-state index in [1.54, 1.807) is 0 Å². The topological polar surface area (TPSA) is 21.3 Å². The molecule has 0 radical (unpaired) electrons. The Morgan fingerprint density at radius 1 is 1.50 bits per heavy atom. The third-order valence-corrected chi connectivity index (χ3v) is 3.01. The van der Waals surface area contributed by atoms with Crippen LogP contribution >= 0.6 is 0 Å². The van der Waals surface area contributed by atoms with Crippen LogP contribution in [0.5, 0.6) is 0 Å². The van der Waals surface area contributed by atoms with Crippen LogP contribution in [-0.2, 0) is 4.74 Å². The van der Waals surface area contributed by atoms with E-state index in [-0.39, 0.29) is 5.54 Å². The van der Waals surface area contributed by atoms with E-state index in [9.17, 15) is 0 Å². The van der Waals surface area contributed by atoms with Crippen LogP contribution in [0.15, 0.2) is 11.8 Å². The van der Waals surface area contributed by atoms with Gasteiger partial charge in [-0.1, -0.05) is 0 Å². The molecule has 2 heteroatoms. The van der Waals surface area contributed by atoms with Crippen molar-refractivity contribution in [3.05, 3.63) is 11.8 Å². The normalized spacial score (nSPS) is 35.9.